The Morgan fingerprint density at radius 2 is 2.11 bits per heavy atom. The van der Waals surface area contributed by atoms with Crippen molar-refractivity contribution in [2.45, 2.75) is 18.4 Å². The van der Waals surface area contributed by atoms with Gasteiger partial charge in [-0.05, 0) is 30.9 Å². The molecular weight excluding hydrogens is 244 g/mol. The highest BCUT2D eigenvalue weighted by Gasteiger charge is 2.53. The summed E-state index contributed by atoms with van der Waals surface area (Å²) < 4.78 is 5.18. The van der Waals surface area contributed by atoms with E-state index in [1.54, 1.807) is 24.1 Å². The molecule has 3 rings (SSSR count). The molecule has 5 heteroatoms. The SMILES string of the molecule is COc1ccccc1NC(=O)N1CC(O)(C2CC2)C1. The molecule has 2 N–H and O–H groups in total. The zero-order chi connectivity index (χ0) is 13.5. The van der Waals surface area contributed by atoms with E-state index in [1.807, 2.05) is 12.1 Å². The van der Waals surface area contributed by atoms with E-state index >= 15 is 0 Å². The van der Waals surface area contributed by atoms with Gasteiger partial charge in [0.05, 0.1) is 25.9 Å². The minimum Gasteiger partial charge on any atom is -0.495 e. The van der Waals surface area contributed by atoms with Crippen LogP contribution in [0.5, 0.6) is 5.75 Å². The number of carbonyl (C=O) groups excluding carboxylic acids is 1. The van der Waals surface area contributed by atoms with E-state index in [4.69, 9.17) is 4.74 Å². The van der Waals surface area contributed by atoms with Crippen LogP contribution in [-0.2, 0) is 0 Å². The first-order chi connectivity index (χ1) is 9.12. The first-order valence-corrected chi connectivity index (χ1v) is 6.54. The molecule has 1 aromatic carbocycles. The van der Waals surface area contributed by atoms with Crippen molar-refractivity contribution < 1.29 is 14.6 Å². The third-order valence-electron chi connectivity index (χ3n) is 3.90. The standard InChI is InChI=1S/C14H18N2O3/c1-19-12-5-3-2-4-11(12)15-13(17)16-8-14(18,9-16)10-6-7-10/h2-5,10,18H,6-9H2,1H3,(H,15,17). The number of hydrogen-bond acceptors (Lipinski definition) is 3. The summed E-state index contributed by atoms with van der Waals surface area (Å²) in [6.45, 7) is 0.858. The summed E-state index contributed by atoms with van der Waals surface area (Å²) in [5, 5.41) is 13.0. The van der Waals surface area contributed by atoms with E-state index in [0.29, 0.717) is 30.4 Å². The molecule has 0 radical (unpaired) electrons. The quantitative estimate of drug-likeness (QED) is 0.871. The number of nitrogens with one attached hydrogen (secondary N) is 1. The van der Waals surface area contributed by atoms with Crippen LogP contribution in [0.25, 0.3) is 0 Å². The predicted molar refractivity (Wildman–Crippen MR) is 71.3 cm³/mol. The van der Waals surface area contributed by atoms with Gasteiger partial charge in [-0.2, -0.15) is 0 Å². The third kappa shape index (κ3) is 2.26. The Morgan fingerprint density at radius 1 is 1.42 bits per heavy atom. The molecule has 0 spiro atoms. The number of amides is 2. The number of methoxy groups -OCH3 is 1. The molecule has 2 fully saturated rings. The smallest absolute Gasteiger partial charge is 0.322 e. The number of anilines is 1. The Kier molecular flexibility index (Phi) is 2.86. The third-order valence-corrected chi connectivity index (χ3v) is 3.90. The second-order valence-corrected chi connectivity index (χ2v) is 5.36. The van der Waals surface area contributed by atoms with Crippen molar-refractivity contribution in [1.29, 1.82) is 0 Å². The minimum atomic E-state index is -0.641. The monoisotopic (exact) mass is 262 g/mol. The number of urea groups is 1. The minimum absolute atomic E-state index is 0.185. The van der Waals surface area contributed by atoms with Gasteiger partial charge in [-0.25, -0.2) is 4.79 Å². The van der Waals surface area contributed by atoms with Crippen LogP contribution >= 0.6 is 0 Å². The topological polar surface area (TPSA) is 61.8 Å². The average Bonchev–Trinajstić information content (AvgIpc) is 3.20. The summed E-state index contributed by atoms with van der Waals surface area (Å²) >= 11 is 0. The van der Waals surface area contributed by atoms with Crippen LogP contribution in [0.4, 0.5) is 10.5 Å². The number of para-hydroxylation sites is 2. The molecule has 19 heavy (non-hydrogen) atoms. The lowest BCUT2D eigenvalue weighted by Crippen LogP contribution is -2.65. The molecule has 1 saturated carbocycles. The first kappa shape index (κ1) is 12.3. The van der Waals surface area contributed by atoms with Crippen LogP contribution in [0.2, 0.25) is 0 Å². The van der Waals surface area contributed by atoms with Crippen molar-refractivity contribution >= 4 is 11.7 Å². The molecule has 1 heterocycles. The predicted octanol–water partition coefficient (Wildman–Crippen LogP) is 1.68. The van der Waals surface area contributed by atoms with Gasteiger partial charge in [0, 0.05) is 0 Å². The Balaban J connectivity index is 1.60. The average molecular weight is 262 g/mol. The molecule has 1 aromatic rings. The Bertz CT molecular complexity index is 493. The summed E-state index contributed by atoms with van der Waals surface area (Å²) in [4.78, 5) is 13.7. The summed E-state index contributed by atoms with van der Waals surface area (Å²) in [7, 11) is 1.57. The van der Waals surface area contributed by atoms with Crippen molar-refractivity contribution in [2.24, 2.45) is 5.92 Å². The van der Waals surface area contributed by atoms with Gasteiger partial charge in [-0.15, -0.1) is 0 Å². The molecule has 1 saturated heterocycles. The van der Waals surface area contributed by atoms with Gasteiger partial charge in [0.1, 0.15) is 11.4 Å². The lowest BCUT2D eigenvalue weighted by molar-refractivity contribution is -0.0897. The van der Waals surface area contributed by atoms with Gasteiger partial charge < -0.3 is 20.1 Å². The van der Waals surface area contributed by atoms with E-state index in [2.05, 4.69) is 5.32 Å². The van der Waals surface area contributed by atoms with Crippen molar-refractivity contribution in [3.8, 4) is 5.75 Å². The summed E-state index contributed by atoms with van der Waals surface area (Å²) in [6, 6.07) is 7.10. The van der Waals surface area contributed by atoms with Gasteiger partial charge in [0.2, 0.25) is 0 Å². The van der Waals surface area contributed by atoms with Crippen LogP contribution in [0, 0.1) is 5.92 Å². The number of carbonyl (C=O) groups is 1. The number of nitrogens with zero attached hydrogens (tertiary/aromatic N) is 1. The lowest BCUT2D eigenvalue weighted by atomic mass is 9.89. The number of rotatable bonds is 3. The Morgan fingerprint density at radius 3 is 2.74 bits per heavy atom. The second-order valence-electron chi connectivity index (χ2n) is 5.36. The number of benzene rings is 1. The largest absolute Gasteiger partial charge is 0.495 e. The van der Waals surface area contributed by atoms with E-state index in [-0.39, 0.29) is 6.03 Å². The number of ether oxygens (including phenoxy) is 1. The van der Waals surface area contributed by atoms with Crippen LogP contribution in [0.3, 0.4) is 0 Å². The molecule has 102 valence electrons. The maximum atomic E-state index is 12.0. The molecule has 0 unspecified atom stereocenters. The zero-order valence-corrected chi connectivity index (χ0v) is 10.9. The van der Waals surface area contributed by atoms with Crippen LogP contribution in [0.15, 0.2) is 24.3 Å². The molecule has 2 amide bonds. The lowest BCUT2D eigenvalue weighted by Gasteiger charge is -2.46. The maximum absolute atomic E-state index is 12.0. The van der Waals surface area contributed by atoms with Crippen LogP contribution in [0.1, 0.15) is 12.8 Å². The summed E-state index contributed by atoms with van der Waals surface area (Å²) in [6.07, 6.45) is 2.16. The number of aliphatic hydroxyl groups is 1. The Labute approximate surface area is 112 Å². The molecule has 1 aliphatic heterocycles. The fourth-order valence-electron chi connectivity index (χ4n) is 2.58. The van der Waals surface area contributed by atoms with E-state index in [0.717, 1.165) is 12.8 Å². The highest BCUT2D eigenvalue weighted by Crippen LogP contribution is 2.44. The second kappa shape index (κ2) is 4.42. The van der Waals surface area contributed by atoms with E-state index in [9.17, 15) is 9.90 Å². The molecule has 2 aliphatic rings. The van der Waals surface area contributed by atoms with Gasteiger partial charge >= 0.3 is 6.03 Å². The molecule has 0 bridgehead atoms. The Hall–Kier alpha value is -1.75. The fourth-order valence-corrected chi connectivity index (χ4v) is 2.58. The molecule has 1 aliphatic carbocycles. The zero-order valence-electron chi connectivity index (χ0n) is 10.9. The fraction of sp³-hybridized carbons (Fsp3) is 0.500. The summed E-state index contributed by atoms with van der Waals surface area (Å²) in [5.41, 5.74) is 0.00911. The highest BCUT2D eigenvalue weighted by molar-refractivity contribution is 5.91. The van der Waals surface area contributed by atoms with Crippen molar-refractivity contribution in [3.05, 3.63) is 24.3 Å². The number of β-amino-alcohol motifs (C(OH)–C–C–N with tert-alkyl or cyclic N) is 1. The first-order valence-electron chi connectivity index (χ1n) is 6.54. The van der Waals surface area contributed by atoms with Gasteiger partial charge in [-0.1, -0.05) is 12.1 Å². The van der Waals surface area contributed by atoms with Gasteiger partial charge in [-0.3, -0.25) is 0 Å². The highest BCUT2D eigenvalue weighted by atomic mass is 16.5. The van der Waals surface area contributed by atoms with Gasteiger partial charge in [0.25, 0.3) is 0 Å². The maximum Gasteiger partial charge on any atom is 0.322 e. The van der Waals surface area contributed by atoms with E-state index < -0.39 is 5.60 Å². The van der Waals surface area contributed by atoms with Crippen LogP contribution in [-0.4, -0.2) is 41.8 Å². The van der Waals surface area contributed by atoms with Crippen molar-refractivity contribution in [1.82, 2.24) is 4.90 Å². The number of likely N-dealkylation sites (tertiary alicyclic amines) is 1. The summed E-state index contributed by atoms with van der Waals surface area (Å²) in [5.74, 6) is 1.02. The molecule has 0 aromatic heterocycles. The molecule has 0 atom stereocenters. The number of hydrogen-bond donors (Lipinski definition) is 2. The van der Waals surface area contributed by atoms with E-state index in [1.165, 1.54) is 0 Å². The van der Waals surface area contributed by atoms with Gasteiger partial charge in [0.15, 0.2) is 0 Å². The van der Waals surface area contributed by atoms with Crippen LogP contribution < -0.4 is 10.1 Å². The molecular formula is C14H18N2O3. The molecule has 5 nitrogen and oxygen atoms in total. The van der Waals surface area contributed by atoms with Crippen molar-refractivity contribution in [2.75, 3.05) is 25.5 Å². The van der Waals surface area contributed by atoms with Crippen molar-refractivity contribution in [3.63, 3.8) is 0 Å². The normalized spacial score (nSPS) is 20.6.